The molecule has 1 rings (SSSR count). The van der Waals surface area contributed by atoms with E-state index in [-0.39, 0.29) is 5.56 Å². The van der Waals surface area contributed by atoms with E-state index in [2.05, 4.69) is 10.4 Å². The molecule has 1 heterocycles. The summed E-state index contributed by atoms with van der Waals surface area (Å²) in [6.07, 6.45) is 1.30. The molecular weight excluding hydrogens is 194 g/mol. The summed E-state index contributed by atoms with van der Waals surface area (Å²) < 4.78 is 1.03. The summed E-state index contributed by atoms with van der Waals surface area (Å²) >= 11 is 5.25. The summed E-state index contributed by atoms with van der Waals surface area (Å²) in [5.41, 5.74) is 0.675. The fourth-order valence-electron chi connectivity index (χ4n) is 0.872. The van der Waals surface area contributed by atoms with Gasteiger partial charge in [-0.1, -0.05) is 0 Å². The first-order chi connectivity index (χ1) is 6.06. The molecule has 1 aromatic heterocycles. The molecule has 0 aliphatic carbocycles. The van der Waals surface area contributed by atoms with E-state index in [1.807, 2.05) is 0 Å². The second-order valence-corrected chi connectivity index (χ2v) is 2.74. The van der Waals surface area contributed by atoms with Gasteiger partial charge in [-0.25, -0.2) is 4.79 Å². The molecule has 1 aromatic rings. The Morgan fingerprint density at radius 3 is 2.62 bits per heavy atom. The van der Waals surface area contributed by atoms with E-state index in [4.69, 9.17) is 11.6 Å². The molecule has 0 aliphatic rings. The van der Waals surface area contributed by atoms with Crippen LogP contribution in [0.5, 0.6) is 0 Å². The quantitative estimate of drug-likeness (QED) is 0.683. The van der Waals surface area contributed by atoms with Crippen molar-refractivity contribution in [2.45, 2.75) is 6.92 Å². The van der Waals surface area contributed by atoms with Crippen molar-refractivity contribution in [1.82, 2.24) is 15.1 Å². The summed E-state index contributed by atoms with van der Waals surface area (Å²) in [4.78, 5) is 21.8. The van der Waals surface area contributed by atoms with Crippen LogP contribution in [-0.4, -0.2) is 28.1 Å². The molecule has 0 unspecified atom stereocenters. The topological polar surface area (TPSA) is 64.0 Å². The van der Waals surface area contributed by atoms with Crippen molar-refractivity contribution in [2.24, 2.45) is 0 Å². The van der Waals surface area contributed by atoms with Crippen molar-refractivity contribution in [3.05, 3.63) is 17.5 Å². The van der Waals surface area contributed by atoms with E-state index in [0.29, 0.717) is 5.69 Å². The molecule has 6 heteroatoms. The molecule has 5 nitrogen and oxygen atoms in total. The Morgan fingerprint density at radius 2 is 2.23 bits per heavy atom. The van der Waals surface area contributed by atoms with Gasteiger partial charge in [0.2, 0.25) is 0 Å². The van der Waals surface area contributed by atoms with E-state index in [9.17, 15) is 9.59 Å². The lowest BCUT2D eigenvalue weighted by Gasteiger charge is -1.95. The van der Waals surface area contributed by atoms with Gasteiger partial charge in [0.25, 0.3) is 5.24 Å². The second-order valence-electron chi connectivity index (χ2n) is 2.40. The SMILES string of the molecule is CNC(=O)n1cc(C(=O)Cl)c(C)n1. The first-order valence-corrected chi connectivity index (χ1v) is 3.92. The minimum absolute atomic E-state index is 0.241. The van der Waals surface area contributed by atoms with Crippen LogP contribution in [0.2, 0.25) is 0 Å². The molecule has 0 bridgehead atoms. The molecule has 13 heavy (non-hydrogen) atoms. The van der Waals surface area contributed by atoms with Gasteiger partial charge in [-0.3, -0.25) is 4.79 Å². The molecule has 0 aromatic carbocycles. The van der Waals surface area contributed by atoms with Gasteiger partial charge in [0, 0.05) is 13.2 Å². The molecule has 70 valence electrons. The van der Waals surface area contributed by atoms with Crippen LogP contribution in [0.25, 0.3) is 0 Å². The Labute approximate surface area is 79.7 Å². The van der Waals surface area contributed by atoms with Gasteiger partial charge < -0.3 is 5.32 Å². The smallest absolute Gasteiger partial charge is 0.339 e. The highest BCUT2D eigenvalue weighted by Crippen LogP contribution is 2.08. The third-order valence-electron chi connectivity index (χ3n) is 1.53. The Bertz CT molecular complexity index is 359. The molecular formula is C7H8ClN3O2. The molecule has 1 N–H and O–H groups in total. The van der Waals surface area contributed by atoms with Gasteiger partial charge >= 0.3 is 6.03 Å². The number of carbonyl (C=O) groups is 2. The highest BCUT2D eigenvalue weighted by molar-refractivity contribution is 6.67. The van der Waals surface area contributed by atoms with Crippen LogP contribution in [0.15, 0.2) is 6.20 Å². The molecule has 0 atom stereocenters. The maximum Gasteiger partial charge on any atom is 0.341 e. The zero-order chi connectivity index (χ0) is 10.0. The number of hydrogen-bond donors (Lipinski definition) is 1. The van der Waals surface area contributed by atoms with Gasteiger partial charge in [-0.15, -0.1) is 0 Å². The molecule has 0 aliphatic heterocycles. The number of amides is 1. The van der Waals surface area contributed by atoms with Crippen molar-refractivity contribution in [2.75, 3.05) is 7.05 Å². The van der Waals surface area contributed by atoms with Crippen LogP contribution in [0, 0.1) is 6.92 Å². The Hall–Kier alpha value is -1.36. The largest absolute Gasteiger partial charge is 0.341 e. The molecule has 0 spiro atoms. The first-order valence-electron chi connectivity index (χ1n) is 3.54. The van der Waals surface area contributed by atoms with Crippen molar-refractivity contribution < 1.29 is 9.59 Å². The fourth-order valence-corrected chi connectivity index (χ4v) is 1.06. The highest BCUT2D eigenvalue weighted by Gasteiger charge is 2.13. The third kappa shape index (κ3) is 1.86. The van der Waals surface area contributed by atoms with Crippen molar-refractivity contribution in [3.8, 4) is 0 Å². The van der Waals surface area contributed by atoms with Gasteiger partial charge in [-0.2, -0.15) is 9.78 Å². The maximum atomic E-state index is 11.0. The Kier molecular flexibility index (Phi) is 2.67. The van der Waals surface area contributed by atoms with E-state index in [1.165, 1.54) is 13.2 Å². The Morgan fingerprint density at radius 1 is 1.62 bits per heavy atom. The summed E-state index contributed by atoms with van der Waals surface area (Å²) in [5.74, 6) is 0. The van der Waals surface area contributed by atoms with Crippen LogP contribution in [0.1, 0.15) is 16.1 Å². The van der Waals surface area contributed by atoms with Crippen LogP contribution in [0.3, 0.4) is 0 Å². The van der Waals surface area contributed by atoms with Gasteiger partial charge in [0.1, 0.15) is 0 Å². The molecule has 0 fully saturated rings. The summed E-state index contributed by atoms with van der Waals surface area (Å²) in [5, 5.41) is 5.55. The lowest BCUT2D eigenvalue weighted by molar-refractivity contribution is 0.108. The van der Waals surface area contributed by atoms with Gasteiger partial charge in [0.05, 0.1) is 11.3 Å². The van der Waals surface area contributed by atoms with Crippen LogP contribution in [0.4, 0.5) is 4.79 Å². The van der Waals surface area contributed by atoms with Crippen LogP contribution in [-0.2, 0) is 0 Å². The number of carbonyl (C=O) groups excluding carboxylic acids is 2. The molecule has 1 amide bonds. The monoisotopic (exact) mass is 201 g/mol. The normalized spacial score (nSPS) is 9.77. The average molecular weight is 202 g/mol. The highest BCUT2D eigenvalue weighted by atomic mass is 35.5. The number of hydrogen-bond acceptors (Lipinski definition) is 3. The number of aryl methyl sites for hydroxylation is 1. The van der Waals surface area contributed by atoms with Gasteiger partial charge in [-0.05, 0) is 18.5 Å². The maximum absolute atomic E-state index is 11.0. The lowest BCUT2D eigenvalue weighted by Crippen LogP contribution is -2.24. The van der Waals surface area contributed by atoms with E-state index in [0.717, 1.165) is 4.68 Å². The number of nitrogens with zero attached hydrogens (tertiary/aromatic N) is 2. The number of nitrogens with one attached hydrogen (secondary N) is 1. The molecule has 0 saturated carbocycles. The van der Waals surface area contributed by atoms with E-state index in [1.54, 1.807) is 6.92 Å². The Balaban J connectivity index is 3.09. The average Bonchev–Trinajstić information content (AvgIpc) is 2.46. The molecule has 0 saturated heterocycles. The summed E-state index contributed by atoms with van der Waals surface area (Å²) in [6.45, 7) is 1.61. The second kappa shape index (κ2) is 3.57. The van der Waals surface area contributed by atoms with Crippen LogP contribution < -0.4 is 5.32 Å². The van der Waals surface area contributed by atoms with E-state index < -0.39 is 11.3 Å². The standard InChI is InChI=1S/C7H8ClN3O2/c1-4-5(6(8)12)3-11(10-4)7(13)9-2/h3H,1-2H3,(H,9,13). The zero-order valence-corrected chi connectivity index (χ0v) is 7.92. The first kappa shape index (κ1) is 9.73. The molecule has 0 radical (unpaired) electrons. The predicted molar refractivity (Wildman–Crippen MR) is 47.0 cm³/mol. The lowest BCUT2D eigenvalue weighted by atomic mass is 10.3. The minimum Gasteiger partial charge on any atom is -0.339 e. The van der Waals surface area contributed by atoms with E-state index >= 15 is 0 Å². The fraction of sp³-hybridized carbons (Fsp3) is 0.286. The number of aromatic nitrogens is 2. The predicted octanol–water partition coefficient (Wildman–Crippen LogP) is 0.758. The van der Waals surface area contributed by atoms with Crippen molar-refractivity contribution >= 4 is 22.9 Å². The summed E-state index contributed by atoms with van der Waals surface area (Å²) in [7, 11) is 1.47. The minimum atomic E-state index is -0.618. The number of rotatable bonds is 1. The van der Waals surface area contributed by atoms with Gasteiger partial charge in [0.15, 0.2) is 0 Å². The summed E-state index contributed by atoms with van der Waals surface area (Å²) in [6, 6.07) is -0.410. The van der Waals surface area contributed by atoms with Crippen molar-refractivity contribution in [1.29, 1.82) is 0 Å². The van der Waals surface area contributed by atoms with Crippen molar-refractivity contribution in [3.63, 3.8) is 0 Å². The van der Waals surface area contributed by atoms with Crippen LogP contribution >= 0.6 is 11.6 Å². The zero-order valence-electron chi connectivity index (χ0n) is 7.17. The number of halogens is 1. The third-order valence-corrected chi connectivity index (χ3v) is 1.74.